The van der Waals surface area contributed by atoms with Crippen molar-refractivity contribution in [3.63, 3.8) is 0 Å². The van der Waals surface area contributed by atoms with Gasteiger partial charge in [0, 0.05) is 11.6 Å². The van der Waals surface area contributed by atoms with Crippen LogP contribution in [0.5, 0.6) is 5.75 Å². The first kappa shape index (κ1) is 17.9. The van der Waals surface area contributed by atoms with Gasteiger partial charge in [0.15, 0.2) is 0 Å². The summed E-state index contributed by atoms with van der Waals surface area (Å²) in [6, 6.07) is 13.3. The second-order valence-electron chi connectivity index (χ2n) is 6.49. The Balaban J connectivity index is 2.11. The summed E-state index contributed by atoms with van der Waals surface area (Å²) in [4.78, 5) is 0.187. The monoisotopic (exact) mass is 361 g/mol. The number of aliphatic hydroxyl groups is 1. The molecule has 0 aliphatic carbocycles. The molecule has 2 aromatic rings. The number of rotatable bonds is 4. The fourth-order valence-electron chi connectivity index (χ4n) is 3.56. The van der Waals surface area contributed by atoms with E-state index in [0.717, 1.165) is 5.56 Å². The van der Waals surface area contributed by atoms with E-state index in [1.807, 2.05) is 38.1 Å². The molecule has 1 aliphatic heterocycles. The maximum absolute atomic E-state index is 13.1. The Hall–Kier alpha value is -1.89. The van der Waals surface area contributed by atoms with E-state index in [-0.39, 0.29) is 10.9 Å². The van der Waals surface area contributed by atoms with Crippen molar-refractivity contribution in [1.29, 1.82) is 0 Å². The number of sulfonamides is 1. The zero-order chi connectivity index (χ0) is 18.2. The number of ether oxygens (including phenoxy) is 1. The molecule has 0 spiro atoms. The van der Waals surface area contributed by atoms with Crippen LogP contribution in [-0.2, 0) is 16.4 Å². The quantitative estimate of drug-likeness (QED) is 0.909. The number of para-hydroxylation sites is 1. The summed E-state index contributed by atoms with van der Waals surface area (Å²) in [6.45, 7) is 3.65. The lowest BCUT2D eigenvalue weighted by atomic mass is 9.94. The van der Waals surface area contributed by atoms with Crippen LogP contribution in [0.15, 0.2) is 53.4 Å². The first-order chi connectivity index (χ1) is 11.9. The van der Waals surface area contributed by atoms with E-state index in [4.69, 9.17) is 4.74 Å². The molecule has 1 heterocycles. The van der Waals surface area contributed by atoms with Crippen LogP contribution < -0.4 is 4.74 Å². The number of hydrogen-bond donors (Lipinski definition) is 1. The van der Waals surface area contributed by atoms with Gasteiger partial charge >= 0.3 is 0 Å². The fraction of sp³-hybridized carbons (Fsp3) is 0.368. The molecule has 0 aromatic heterocycles. The van der Waals surface area contributed by atoms with Crippen LogP contribution in [0.4, 0.5) is 0 Å². The third kappa shape index (κ3) is 3.05. The molecule has 25 heavy (non-hydrogen) atoms. The van der Waals surface area contributed by atoms with E-state index in [9.17, 15) is 13.5 Å². The first-order valence-corrected chi connectivity index (χ1v) is 9.74. The average molecular weight is 361 g/mol. The van der Waals surface area contributed by atoms with Crippen LogP contribution in [0.2, 0.25) is 0 Å². The van der Waals surface area contributed by atoms with Gasteiger partial charge in [0.2, 0.25) is 10.0 Å². The van der Waals surface area contributed by atoms with Crippen LogP contribution in [-0.4, -0.2) is 37.0 Å². The Kier molecular flexibility index (Phi) is 4.86. The Morgan fingerprint density at radius 1 is 1.12 bits per heavy atom. The summed E-state index contributed by atoms with van der Waals surface area (Å²) >= 11 is 0. The molecule has 134 valence electrons. The van der Waals surface area contributed by atoms with Crippen LogP contribution in [0.25, 0.3) is 0 Å². The molecule has 3 rings (SSSR count). The lowest BCUT2D eigenvalue weighted by Crippen LogP contribution is -2.52. The van der Waals surface area contributed by atoms with E-state index in [2.05, 4.69) is 0 Å². The van der Waals surface area contributed by atoms with Gasteiger partial charge in [-0.05, 0) is 38.0 Å². The van der Waals surface area contributed by atoms with Crippen molar-refractivity contribution in [2.45, 2.75) is 43.4 Å². The molecular weight excluding hydrogens is 338 g/mol. The molecule has 5 nitrogen and oxygen atoms in total. The summed E-state index contributed by atoms with van der Waals surface area (Å²) < 4.78 is 33.1. The predicted molar refractivity (Wildman–Crippen MR) is 96.0 cm³/mol. The van der Waals surface area contributed by atoms with Crippen LogP contribution >= 0.6 is 0 Å². The number of aliphatic hydroxyl groups excluding tert-OH is 1. The second kappa shape index (κ2) is 6.78. The SMILES string of the molecule is COc1ccccc1C[C@H]1[C@H](O)c2ccccc2S(=O)(=O)N1C(C)C. The Morgan fingerprint density at radius 3 is 2.44 bits per heavy atom. The van der Waals surface area contributed by atoms with Gasteiger partial charge in [0.05, 0.1) is 24.2 Å². The number of methoxy groups -OCH3 is 1. The van der Waals surface area contributed by atoms with Crippen LogP contribution in [0.3, 0.4) is 0 Å². The third-order valence-electron chi connectivity index (χ3n) is 4.61. The maximum Gasteiger partial charge on any atom is 0.244 e. The summed E-state index contributed by atoms with van der Waals surface area (Å²) in [7, 11) is -2.09. The molecule has 2 aromatic carbocycles. The molecule has 2 atom stereocenters. The van der Waals surface area contributed by atoms with E-state index < -0.39 is 22.2 Å². The summed E-state index contributed by atoms with van der Waals surface area (Å²) in [5.74, 6) is 0.690. The molecule has 0 amide bonds. The second-order valence-corrected chi connectivity index (χ2v) is 8.31. The lowest BCUT2D eigenvalue weighted by Gasteiger charge is -2.41. The summed E-state index contributed by atoms with van der Waals surface area (Å²) in [6.07, 6.45) is -0.524. The Morgan fingerprint density at radius 2 is 1.76 bits per heavy atom. The van der Waals surface area contributed by atoms with Gasteiger partial charge in [-0.1, -0.05) is 36.4 Å². The fourth-order valence-corrected chi connectivity index (χ4v) is 5.62. The average Bonchev–Trinajstić information content (AvgIpc) is 2.59. The molecular formula is C19H23NO4S. The van der Waals surface area contributed by atoms with Gasteiger partial charge in [0.1, 0.15) is 5.75 Å². The van der Waals surface area contributed by atoms with Gasteiger partial charge in [0.25, 0.3) is 0 Å². The normalized spacial score (nSPS) is 22.6. The molecule has 0 unspecified atom stereocenters. The number of nitrogens with zero attached hydrogens (tertiary/aromatic N) is 1. The third-order valence-corrected chi connectivity index (χ3v) is 6.79. The Bertz CT molecular complexity index is 863. The van der Waals surface area contributed by atoms with Crippen molar-refractivity contribution in [2.24, 2.45) is 0 Å². The minimum atomic E-state index is -3.67. The van der Waals surface area contributed by atoms with Crippen molar-refractivity contribution in [1.82, 2.24) is 4.31 Å². The minimum absolute atomic E-state index is 0.187. The zero-order valence-corrected chi connectivity index (χ0v) is 15.4. The van der Waals surface area contributed by atoms with Crippen LogP contribution in [0.1, 0.15) is 31.1 Å². The van der Waals surface area contributed by atoms with Crippen molar-refractivity contribution >= 4 is 10.0 Å². The van der Waals surface area contributed by atoms with Crippen LogP contribution in [0, 0.1) is 0 Å². The van der Waals surface area contributed by atoms with E-state index >= 15 is 0 Å². The van der Waals surface area contributed by atoms with Crippen molar-refractivity contribution in [3.05, 3.63) is 59.7 Å². The molecule has 6 heteroatoms. The first-order valence-electron chi connectivity index (χ1n) is 8.30. The van der Waals surface area contributed by atoms with Gasteiger partial charge in [-0.3, -0.25) is 0 Å². The smallest absolute Gasteiger partial charge is 0.244 e. The molecule has 0 saturated heterocycles. The van der Waals surface area contributed by atoms with E-state index in [1.165, 1.54) is 4.31 Å². The van der Waals surface area contributed by atoms with Gasteiger partial charge in [-0.25, -0.2) is 8.42 Å². The molecule has 0 bridgehead atoms. The van der Waals surface area contributed by atoms with Crippen molar-refractivity contribution in [3.8, 4) is 5.75 Å². The number of fused-ring (bicyclic) bond motifs is 1. The number of hydrogen-bond acceptors (Lipinski definition) is 4. The van der Waals surface area contributed by atoms with Crippen molar-refractivity contribution in [2.75, 3.05) is 7.11 Å². The summed E-state index contributed by atoms with van der Waals surface area (Å²) in [5, 5.41) is 11.0. The molecule has 0 fully saturated rings. The molecule has 0 radical (unpaired) electrons. The zero-order valence-electron chi connectivity index (χ0n) is 14.6. The lowest BCUT2D eigenvalue weighted by molar-refractivity contribution is 0.0682. The largest absolute Gasteiger partial charge is 0.496 e. The molecule has 1 N–H and O–H groups in total. The van der Waals surface area contributed by atoms with Gasteiger partial charge in [-0.2, -0.15) is 4.31 Å². The minimum Gasteiger partial charge on any atom is -0.496 e. The van der Waals surface area contributed by atoms with E-state index in [0.29, 0.717) is 17.7 Å². The highest BCUT2D eigenvalue weighted by molar-refractivity contribution is 7.89. The molecule has 1 aliphatic rings. The van der Waals surface area contributed by atoms with Crippen molar-refractivity contribution < 1.29 is 18.3 Å². The Labute approximate surface area is 148 Å². The highest BCUT2D eigenvalue weighted by atomic mass is 32.2. The van der Waals surface area contributed by atoms with Gasteiger partial charge in [-0.15, -0.1) is 0 Å². The van der Waals surface area contributed by atoms with E-state index in [1.54, 1.807) is 31.4 Å². The molecule has 0 saturated carbocycles. The highest BCUT2D eigenvalue weighted by Gasteiger charge is 2.44. The summed E-state index contributed by atoms with van der Waals surface area (Å²) in [5.41, 5.74) is 1.33. The topological polar surface area (TPSA) is 66.8 Å². The van der Waals surface area contributed by atoms with Gasteiger partial charge < -0.3 is 9.84 Å². The highest BCUT2D eigenvalue weighted by Crippen LogP contribution is 2.39. The number of benzene rings is 2. The standard InChI is InChI=1S/C19H23NO4S/c1-13(2)20-16(12-14-8-4-6-10-17(14)24-3)19(21)15-9-5-7-11-18(15)25(20,22)23/h4-11,13,16,19,21H,12H2,1-3H3/t16-,19+/m0/s1. The predicted octanol–water partition coefficient (Wildman–Crippen LogP) is 2.75. The maximum atomic E-state index is 13.1.